The van der Waals surface area contributed by atoms with E-state index in [-0.39, 0.29) is 11.3 Å². The lowest BCUT2D eigenvalue weighted by Crippen LogP contribution is -2.07. The van der Waals surface area contributed by atoms with Gasteiger partial charge >= 0.3 is 5.97 Å². The van der Waals surface area contributed by atoms with Gasteiger partial charge in [-0.15, -0.1) is 0 Å². The molecule has 17 heavy (non-hydrogen) atoms. The van der Waals surface area contributed by atoms with Crippen LogP contribution in [0.4, 0.5) is 0 Å². The molecule has 0 heterocycles. The van der Waals surface area contributed by atoms with Crippen molar-refractivity contribution in [3.63, 3.8) is 0 Å². The maximum Gasteiger partial charge on any atom is 0.339 e. The van der Waals surface area contributed by atoms with Crippen LogP contribution < -0.4 is 9.47 Å². The van der Waals surface area contributed by atoms with Gasteiger partial charge in [0.15, 0.2) is 11.5 Å². The fourth-order valence-corrected chi connectivity index (χ4v) is 1.71. The third-order valence-electron chi connectivity index (χ3n) is 2.00. The molecule has 0 atom stereocenters. The first-order chi connectivity index (χ1) is 8.10. The standard InChI is InChI=1S/C11H13ClO4S/c1-15-9-6-7(12)5-8(11(13)14)10(9)16-3-4-17-2/h5-6H,3-4H2,1-2H3,(H,13,14). The Balaban J connectivity index is 3.08. The van der Waals surface area contributed by atoms with Crippen LogP contribution in [-0.2, 0) is 0 Å². The third kappa shape index (κ3) is 3.71. The number of carbonyl (C=O) groups is 1. The molecule has 1 rings (SSSR count). The summed E-state index contributed by atoms with van der Waals surface area (Å²) >= 11 is 7.42. The summed E-state index contributed by atoms with van der Waals surface area (Å²) in [5, 5.41) is 9.37. The van der Waals surface area contributed by atoms with Gasteiger partial charge in [-0.1, -0.05) is 11.6 Å². The van der Waals surface area contributed by atoms with Crippen molar-refractivity contribution in [3.05, 3.63) is 22.7 Å². The van der Waals surface area contributed by atoms with Crippen LogP contribution >= 0.6 is 23.4 Å². The van der Waals surface area contributed by atoms with Gasteiger partial charge in [-0.3, -0.25) is 0 Å². The second-order valence-electron chi connectivity index (χ2n) is 3.13. The number of carboxylic acids is 1. The second kappa shape index (κ2) is 6.61. The van der Waals surface area contributed by atoms with E-state index in [0.717, 1.165) is 5.75 Å². The smallest absolute Gasteiger partial charge is 0.339 e. The number of ether oxygens (including phenoxy) is 2. The molecule has 0 aromatic heterocycles. The van der Waals surface area contributed by atoms with Gasteiger partial charge in [-0.25, -0.2) is 4.79 Å². The van der Waals surface area contributed by atoms with Crippen molar-refractivity contribution in [3.8, 4) is 11.5 Å². The molecule has 0 fully saturated rings. The number of methoxy groups -OCH3 is 1. The summed E-state index contributed by atoms with van der Waals surface area (Å²) in [6.45, 7) is 0.416. The van der Waals surface area contributed by atoms with Crippen LogP contribution in [0.25, 0.3) is 0 Å². The van der Waals surface area contributed by atoms with Crippen LogP contribution in [0.3, 0.4) is 0 Å². The van der Waals surface area contributed by atoms with E-state index in [9.17, 15) is 4.79 Å². The number of thioether (sulfide) groups is 1. The number of halogens is 1. The van der Waals surface area contributed by atoms with E-state index in [1.54, 1.807) is 11.8 Å². The lowest BCUT2D eigenvalue weighted by Gasteiger charge is -2.13. The molecule has 0 saturated carbocycles. The molecule has 0 aliphatic rings. The molecule has 0 bridgehead atoms. The number of benzene rings is 1. The lowest BCUT2D eigenvalue weighted by molar-refractivity contribution is 0.0691. The van der Waals surface area contributed by atoms with Crippen molar-refractivity contribution >= 4 is 29.3 Å². The van der Waals surface area contributed by atoms with Gasteiger partial charge < -0.3 is 14.6 Å². The minimum Gasteiger partial charge on any atom is -0.493 e. The Morgan fingerprint density at radius 2 is 2.24 bits per heavy atom. The van der Waals surface area contributed by atoms with Crippen molar-refractivity contribution in [1.82, 2.24) is 0 Å². The first-order valence-corrected chi connectivity index (χ1v) is 6.60. The lowest BCUT2D eigenvalue weighted by atomic mass is 10.2. The van der Waals surface area contributed by atoms with Crippen molar-refractivity contribution in [2.24, 2.45) is 0 Å². The SMILES string of the molecule is COc1cc(Cl)cc(C(=O)O)c1OCCSC. The Kier molecular flexibility index (Phi) is 5.44. The van der Waals surface area contributed by atoms with Crippen LogP contribution in [0.1, 0.15) is 10.4 Å². The Morgan fingerprint density at radius 1 is 1.53 bits per heavy atom. The predicted octanol–water partition coefficient (Wildman–Crippen LogP) is 2.79. The molecule has 94 valence electrons. The van der Waals surface area contributed by atoms with Crippen molar-refractivity contribution in [2.45, 2.75) is 0 Å². The average molecular weight is 277 g/mol. The minimum atomic E-state index is -1.09. The van der Waals surface area contributed by atoms with E-state index in [2.05, 4.69) is 0 Å². The van der Waals surface area contributed by atoms with Crippen molar-refractivity contribution in [1.29, 1.82) is 0 Å². The zero-order chi connectivity index (χ0) is 12.8. The van der Waals surface area contributed by atoms with Crippen LogP contribution in [-0.4, -0.2) is 36.8 Å². The molecule has 0 saturated heterocycles. The maximum atomic E-state index is 11.1. The molecule has 4 nitrogen and oxygen atoms in total. The molecular weight excluding hydrogens is 264 g/mol. The summed E-state index contributed by atoms with van der Waals surface area (Å²) in [5.41, 5.74) is 0.00968. The van der Waals surface area contributed by atoms with E-state index in [4.69, 9.17) is 26.2 Å². The van der Waals surface area contributed by atoms with E-state index >= 15 is 0 Å². The molecule has 0 amide bonds. The summed E-state index contributed by atoms with van der Waals surface area (Å²) in [4.78, 5) is 11.1. The normalized spacial score (nSPS) is 10.1. The molecule has 1 N–H and O–H groups in total. The average Bonchev–Trinajstić information content (AvgIpc) is 2.30. The number of carboxylic acid groups (broad SMARTS) is 1. The van der Waals surface area contributed by atoms with Crippen LogP contribution in [0.5, 0.6) is 11.5 Å². The van der Waals surface area contributed by atoms with Gasteiger partial charge in [-0.05, 0) is 12.3 Å². The van der Waals surface area contributed by atoms with Gasteiger partial charge in [0, 0.05) is 16.8 Å². The summed E-state index contributed by atoms with van der Waals surface area (Å²) < 4.78 is 10.5. The summed E-state index contributed by atoms with van der Waals surface area (Å²) in [5.74, 6) is 0.226. The molecule has 0 radical (unpaired) electrons. The second-order valence-corrected chi connectivity index (χ2v) is 4.55. The van der Waals surface area contributed by atoms with Crippen molar-refractivity contribution < 1.29 is 19.4 Å². The largest absolute Gasteiger partial charge is 0.493 e. The highest BCUT2D eigenvalue weighted by atomic mass is 35.5. The molecule has 6 heteroatoms. The first-order valence-electron chi connectivity index (χ1n) is 4.82. The topological polar surface area (TPSA) is 55.8 Å². The Hall–Kier alpha value is -1.07. The number of hydrogen-bond donors (Lipinski definition) is 1. The monoisotopic (exact) mass is 276 g/mol. The zero-order valence-electron chi connectivity index (χ0n) is 9.53. The number of rotatable bonds is 6. The molecule has 0 spiro atoms. The Labute approximate surface area is 109 Å². The van der Waals surface area contributed by atoms with Crippen LogP contribution in [0.2, 0.25) is 5.02 Å². The van der Waals surface area contributed by atoms with E-state index < -0.39 is 5.97 Å². The van der Waals surface area contributed by atoms with Gasteiger partial charge in [0.05, 0.1) is 13.7 Å². The van der Waals surface area contributed by atoms with E-state index in [0.29, 0.717) is 17.4 Å². The fourth-order valence-electron chi connectivity index (χ4n) is 1.26. The maximum absolute atomic E-state index is 11.1. The molecule has 1 aromatic rings. The van der Waals surface area contributed by atoms with E-state index in [1.807, 2.05) is 6.26 Å². The first kappa shape index (κ1) is 14.0. The summed E-state index contributed by atoms with van der Waals surface area (Å²) in [6.07, 6.45) is 1.95. The van der Waals surface area contributed by atoms with Crippen LogP contribution in [0.15, 0.2) is 12.1 Å². The zero-order valence-corrected chi connectivity index (χ0v) is 11.1. The summed E-state index contributed by atoms with van der Waals surface area (Å²) in [6, 6.07) is 2.88. The Morgan fingerprint density at radius 3 is 2.76 bits per heavy atom. The van der Waals surface area contributed by atoms with Gasteiger partial charge in [0.2, 0.25) is 0 Å². The highest BCUT2D eigenvalue weighted by Crippen LogP contribution is 2.34. The molecule has 1 aromatic carbocycles. The number of aromatic carboxylic acids is 1. The molecule has 0 aliphatic carbocycles. The van der Waals surface area contributed by atoms with Gasteiger partial charge in [0.25, 0.3) is 0 Å². The van der Waals surface area contributed by atoms with Gasteiger partial charge in [0.1, 0.15) is 5.56 Å². The van der Waals surface area contributed by atoms with Crippen LogP contribution in [0, 0.1) is 0 Å². The minimum absolute atomic E-state index is 0.00968. The number of hydrogen-bond acceptors (Lipinski definition) is 4. The molecule has 0 unspecified atom stereocenters. The molecule has 0 aliphatic heterocycles. The molecular formula is C11H13ClO4S. The predicted molar refractivity (Wildman–Crippen MR) is 68.8 cm³/mol. The van der Waals surface area contributed by atoms with Crippen molar-refractivity contribution in [2.75, 3.05) is 25.7 Å². The third-order valence-corrected chi connectivity index (χ3v) is 2.80. The van der Waals surface area contributed by atoms with E-state index in [1.165, 1.54) is 19.2 Å². The summed E-state index contributed by atoms with van der Waals surface area (Å²) in [7, 11) is 1.44. The highest BCUT2D eigenvalue weighted by molar-refractivity contribution is 7.98. The Bertz CT molecular complexity index is 409. The fraction of sp³-hybridized carbons (Fsp3) is 0.364. The van der Waals surface area contributed by atoms with Gasteiger partial charge in [-0.2, -0.15) is 11.8 Å². The highest BCUT2D eigenvalue weighted by Gasteiger charge is 2.18. The quantitative estimate of drug-likeness (QED) is 0.810.